The van der Waals surface area contributed by atoms with E-state index in [9.17, 15) is 14.7 Å². The van der Waals surface area contributed by atoms with Crippen LogP contribution in [-0.2, 0) is 16.1 Å². The van der Waals surface area contributed by atoms with Crippen LogP contribution in [0.5, 0.6) is 5.75 Å². The Labute approximate surface area is 194 Å². The molecular weight excluding hydrogens is 450 g/mol. The predicted molar refractivity (Wildman–Crippen MR) is 123 cm³/mol. The number of hydrogen-bond donors (Lipinski definition) is 1. The van der Waals surface area contributed by atoms with Crippen molar-refractivity contribution in [3.63, 3.8) is 0 Å². The zero-order valence-electron chi connectivity index (χ0n) is 17.4. The monoisotopic (exact) mass is 471 g/mol. The first kappa shape index (κ1) is 22.1. The summed E-state index contributed by atoms with van der Waals surface area (Å²) >= 11 is 7.71. The fourth-order valence-electron chi connectivity index (χ4n) is 3.77. The Hall–Kier alpha value is -3.10. The average Bonchev–Trinajstić information content (AvgIpc) is 3.53. The molecule has 0 radical (unpaired) electrons. The number of aliphatic hydroxyl groups is 1. The molecule has 1 saturated heterocycles. The van der Waals surface area contributed by atoms with Gasteiger partial charge in [0.1, 0.15) is 11.5 Å². The summed E-state index contributed by atoms with van der Waals surface area (Å²) in [6, 6.07) is 7.89. The Kier molecular flexibility index (Phi) is 6.62. The van der Waals surface area contributed by atoms with Crippen molar-refractivity contribution >= 4 is 40.4 Å². The highest BCUT2D eigenvalue weighted by Crippen LogP contribution is 2.41. The van der Waals surface area contributed by atoms with Crippen molar-refractivity contribution in [1.29, 1.82) is 0 Å². The minimum atomic E-state index is -0.700. The summed E-state index contributed by atoms with van der Waals surface area (Å²) in [4.78, 5) is 32.3. The quantitative estimate of drug-likeness (QED) is 0.297. The normalized spacial score (nSPS) is 17.8. The van der Waals surface area contributed by atoms with Gasteiger partial charge < -0.3 is 19.3 Å². The molecule has 1 fully saturated rings. The highest BCUT2D eigenvalue weighted by molar-refractivity contribution is 7.10. The lowest BCUT2D eigenvalue weighted by Gasteiger charge is -2.24. The van der Waals surface area contributed by atoms with Crippen LogP contribution in [0.3, 0.4) is 0 Å². The number of carbonyl (C=O) groups excluding carboxylic acids is 2. The SMILES string of the molecule is CCOc1ccc(/C(O)=C2\C(=O)C(=O)N(CCCn3ccnc3)[C@@H]2c2cccs2)cc1Cl. The number of likely N-dealkylation sites (tertiary alicyclic amines) is 1. The van der Waals surface area contributed by atoms with E-state index < -0.39 is 17.7 Å². The second kappa shape index (κ2) is 9.58. The zero-order chi connectivity index (χ0) is 22.7. The van der Waals surface area contributed by atoms with Crippen LogP contribution in [0, 0.1) is 0 Å². The summed E-state index contributed by atoms with van der Waals surface area (Å²) in [5.41, 5.74) is 0.428. The van der Waals surface area contributed by atoms with Gasteiger partial charge in [-0.2, -0.15) is 0 Å². The number of aliphatic hydroxyl groups excluding tert-OH is 1. The number of hydrogen-bond acceptors (Lipinski definition) is 6. The molecule has 1 aromatic carbocycles. The number of carbonyl (C=O) groups is 2. The van der Waals surface area contributed by atoms with Crippen LogP contribution in [0.15, 0.2) is 60.0 Å². The second-order valence-electron chi connectivity index (χ2n) is 7.24. The van der Waals surface area contributed by atoms with Crippen molar-refractivity contribution < 1.29 is 19.4 Å². The van der Waals surface area contributed by atoms with E-state index in [4.69, 9.17) is 16.3 Å². The van der Waals surface area contributed by atoms with E-state index in [1.807, 2.05) is 35.2 Å². The molecule has 1 N–H and O–H groups in total. The Bertz CT molecular complexity index is 1140. The number of aromatic nitrogens is 2. The van der Waals surface area contributed by atoms with E-state index in [0.717, 1.165) is 4.88 Å². The molecule has 32 heavy (non-hydrogen) atoms. The van der Waals surface area contributed by atoms with Crippen LogP contribution >= 0.6 is 22.9 Å². The van der Waals surface area contributed by atoms with E-state index in [-0.39, 0.29) is 11.3 Å². The lowest BCUT2D eigenvalue weighted by Crippen LogP contribution is -2.31. The molecule has 0 unspecified atom stereocenters. The lowest BCUT2D eigenvalue weighted by atomic mass is 9.99. The molecular formula is C23H22ClN3O4S. The third-order valence-corrected chi connectivity index (χ3v) is 6.45. The molecule has 166 valence electrons. The number of ether oxygens (including phenoxy) is 1. The Morgan fingerprint density at radius 3 is 2.78 bits per heavy atom. The fraction of sp³-hybridized carbons (Fsp3) is 0.261. The van der Waals surface area contributed by atoms with Crippen molar-refractivity contribution in [2.24, 2.45) is 0 Å². The number of imidazole rings is 1. The third kappa shape index (κ3) is 4.28. The maximum atomic E-state index is 13.0. The largest absolute Gasteiger partial charge is 0.507 e. The molecule has 3 aromatic rings. The lowest BCUT2D eigenvalue weighted by molar-refractivity contribution is -0.139. The van der Waals surface area contributed by atoms with Crippen LogP contribution in [0.25, 0.3) is 5.76 Å². The number of nitrogens with zero attached hydrogens (tertiary/aromatic N) is 3. The van der Waals surface area contributed by atoms with Crippen molar-refractivity contribution in [2.75, 3.05) is 13.2 Å². The van der Waals surface area contributed by atoms with Crippen molar-refractivity contribution in [2.45, 2.75) is 25.9 Å². The van der Waals surface area contributed by atoms with E-state index in [2.05, 4.69) is 4.98 Å². The van der Waals surface area contributed by atoms with Gasteiger partial charge in [-0.3, -0.25) is 9.59 Å². The standard InChI is InChI=1S/C23H22ClN3O4S/c1-2-31-17-7-6-15(13-16(17)24)21(28)19-20(18-5-3-12-32-18)27(23(30)22(19)29)10-4-9-26-11-8-25-14-26/h3,5-8,11-14,20,28H,2,4,9-10H2,1H3/b21-19+/t20-/m1/s1. The van der Waals surface area contributed by atoms with Crippen LogP contribution in [-0.4, -0.2) is 44.4 Å². The summed E-state index contributed by atoms with van der Waals surface area (Å²) in [6.45, 7) is 3.33. The van der Waals surface area contributed by atoms with Crippen LogP contribution < -0.4 is 4.74 Å². The first-order valence-electron chi connectivity index (χ1n) is 10.2. The highest BCUT2D eigenvalue weighted by atomic mass is 35.5. The molecule has 4 rings (SSSR count). The summed E-state index contributed by atoms with van der Waals surface area (Å²) in [7, 11) is 0. The maximum Gasteiger partial charge on any atom is 0.295 e. The first-order valence-corrected chi connectivity index (χ1v) is 11.5. The number of amides is 1. The van der Waals surface area contributed by atoms with E-state index in [1.54, 1.807) is 30.7 Å². The Balaban J connectivity index is 1.68. The van der Waals surface area contributed by atoms with Gasteiger partial charge >= 0.3 is 0 Å². The molecule has 9 heteroatoms. The highest BCUT2D eigenvalue weighted by Gasteiger charge is 2.46. The minimum Gasteiger partial charge on any atom is -0.507 e. The zero-order valence-corrected chi connectivity index (χ0v) is 19.0. The van der Waals surface area contributed by atoms with E-state index in [1.165, 1.54) is 16.2 Å². The maximum absolute atomic E-state index is 13.0. The summed E-state index contributed by atoms with van der Waals surface area (Å²) in [6.07, 6.45) is 5.89. The van der Waals surface area contributed by atoms with Crippen molar-refractivity contribution in [3.8, 4) is 5.75 Å². The summed E-state index contributed by atoms with van der Waals surface area (Å²) < 4.78 is 7.36. The number of Topliss-reactive ketones (excluding diaryl/α,β-unsaturated/α-hetero) is 1. The minimum absolute atomic E-state index is 0.0697. The molecule has 3 heterocycles. The number of ketones is 1. The molecule has 1 aliphatic heterocycles. The number of halogens is 1. The number of rotatable bonds is 8. The molecule has 0 spiro atoms. The Morgan fingerprint density at radius 1 is 1.28 bits per heavy atom. The first-order chi connectivity index (χ1) is 15.5. The predicted octanol–water partition coefficient (Wildman–Crippen LogP) is 4.51. The Morgan fingerprint density at radius 2 is 2.12 bits per heavy atom. The number of thiophene rings is 1. The van der Waals surface area contributed by atoms with Gasteiger partial charge in [-0.15, -0.1) is 11.3 Å². The van der Waals surface area contributed by atoms with Crippen molar-refractivity contribution in [1.82, 2.24) is 14.5 Å². The van der Waals surface area contributed by atoms with Crippen LogP contribution in [0.4, 0.5) is 0 Å². The third-order valence-electron chi connectivity index (χ3n) is 5.23. The van der Waals surface area contributed by atoms with Gasteiger partial charge in [0.25, 0.3) is 11.7 Å². The molecule has 2 aromatic heterocycles. The molecule has 0 saturated carbocycles. The summed E-state index contributed by atoms with van der Waals surface area (Å²) in [5.74, 6) is -1.08. The van der Waals surface area contributed by atoms with Gasteiger partial charge in [0.15, 0.2) is 0 Å². The van der Waals surface area contributed by atoms with E-state index >= 15 is 0 Å². The molecule has 1 amide bonds. The molecule has 0 bridgehead atoms. The number of benzene rings is 1. The second-order valence-corrected chi connectivity index (χ2v) is 8.63. The van der Waals surface area contributed by atoms with Gasteiger partial charge in [0, 0.05) is 35.9 Å². The molecule has 1 atom stereocenters. The van der Waals surface area contributed by atoms with Gasteiger partial charge in [-0.25, -0.2) is 4.98 Å². The van der Waals surface area contributed by atoms with Gasteiger partial charge in [0.2, 0.25) is 0 Å². The molecule has 7 nitrogen and oxygen atoms in total. The summed E-state index contributed by atoms with van der Waals surface area (Å²) in [5, 5.41) is 13.3. The van der Waals surface area contributed by atoms with Crippen LogP contribution in [0.2, 0.25) is 5.02 Å². The number of aryl methyl sites for hydroxylation is 1. The van der Waals surface area contributed by atoms with E-state index in [0.29, 0.717) is 42.5 Å². The van der Waals surface area contributed by atoms with Gasteiger partial charge in [-0.05, 0) is 43.0 Å². The van der Waals surface area contributed by atoms with Gasteiger partial charge in [0.05, 0.1) is 29.6 Å². The molecule has 1 aliphatic rings. The fourth-order valence-corrected chi connectivity index (χ4v) is 4.85. The topological polar surface area (TPSA) is 84.7 Å². The van der Waals surface area contributed by atoms with Gasteiger partial charge in [-0.1, -0.05) is 17.7 Å². The van der Waals surface area contributed by atoms with Crippen LogP contribution in [0.1, 0.15) is 29.8 Å². The van der Waals surface area contributed by atoms with Crippen molar-refractivity contribution in [3.05, 3.63) is 75.5 Å². The molecule has 0 aliphatic carbocycles. The smallest absolute Gasteiger partial charge is 0.295 e. The average molecular weight is 472 g/mol.